The molecule has 0 N–H and O–H groups in total. The van der Waals surface area contributed by atoms with Gasteiger partial charge in [-0.2, -0.15) is 5.10 Å². The number of ether oxygens (including phenoxy) is 2. The van der Waals surface area contributed by atoms with E-state index >= 15 is 0 Å². The average molecular weight is 393 g/mol. The largest absolute Gasteiger partial charge is 0.497 e. The van der Waals surface area contributed by atoms with Gasteiger partial charge in [-0.1, -0.05) is 42.0 Å². The molecule has 6 nitrogen and oxygen atoms in total. The molecular weight excluding hydrogens is 366 g/mol. The van der Waals surface area contributed by atoms with E-state index in [4.69, 9.17) is 14.6 Å². The molecule has 1 fully saturated rings. The molecule has 0 aliphatic carbocycles. The highest BCUT2D eigenvalue weighted by molar-refractivity contribution is 6.03. The zero-order chi connectivity index (χ0) is 20.2. The molecule has 2 aliphatic heterocycles. The van der Waals surface area contributed by atoms with Gasteiger partial charge in [0.25, 0.3) is 5.91 Å². The second kappa shape index (κ2) is 8.76. The van der Waals surface area contributed by atoms with Crippen molar-refractivity contribution in [2.45, 2.75) is 19.4 Å². The fourth-order valence-corrected chi connectivity index (χ4v) is 3.87. The number of hydrogen-bond acceptors (Lipinski definition) is 5. The minimum absolute atomic E-state index is 0.0161. The van der Waals surface area contributed by atoms with E-state index in [1.165, 1.54) is 5.56 Å². The normalized spacial score (nSPS) is 19.9. The Morgan fingerprint density at radius 3 is 2.72 bits per heavy atom. The summed E-state index contributed by atoms with van der Waals surface area (Å²) in [6, 6.07) is 16.1. The third-order valence-corrected chi connectivity index (χ3v) is 5.46. The van der Waals surface area contributed by atoms with Gasteiger partial charge >= 0.3 is 0 Å². The molecule has 2 aromatic carbocycles. The second-order valence-corrected chi connectivity index (χ2v) is 7.54. The van der Waals surface area contributed by atoms with Crippen LogP contribution in [0, 0.1) is 6.92 Å². The molecule has 2 heterocycles. The van der Waals surface area contributed by atoms with Crippen molar-refractivity contribution in [2.75, 3.05) is 40.0 Å². The number of carbonyl (C=O) groups is 1. The summed E-state index contributed by atoms with van der Waals surface area (Å²) in [7, 11) is 1.66. The van der Waals surface area contributed by atoms with E-state index in [-0.39, 0.29) is 11.9 Å². The lowest BCUT2D eigenvalue weighted by Gasteiger charge is -2.29. The molecule has 29 heavy (non-hydrogen) atoms. The van der Waals surface area contributed by atoms with Crippen molar-refractivity contribution < 1.29 is 14.3 Å². The summed E-state index contributed by atoms with van der Waals surface area (Å²) in [5.41, 5.74) is 4.23. The van der Waals surface area contributed by atoms with E-state index in [1.807, 2.05) is 30.3 Å². The molecule has 0 unspecified atom stereocenters. The molecular formula is C23H27N3O3. The van der Waals surface area contributed by atoms with Crippen molar-refractivity contribution in [1.82, 2.24) is 9.91 Å². The number of morpholine rings is 1. The molecule has 4 rings (SSSR count). The topological polar surface area (TPSA) is 54.4 Å². The van der Waals surface area contributed by atoms with Crippen LogP contribution in [0.25, 0.3) is 0 Å². The zero-order valence-corrected chi connectivity index (χ0v) is 17.0. The average Bonchev–Trinajstić information content (AvgIpc) is 3.20. The first-order valence-corrected chi connectivity index (χ1v) is 10.0. The standard InChI is InChI=1S/C23H27N3O3/c1-17-5-3-6-18(13-17)21-15-22(19-7-4-8-20(14-19)28-2)26(24-21)23(27)16-25-9-11-29-12-10-25/h3-8,13-14,22H,9-12,15-16H2,1-2H3/t22-/m1/s1. The first-order valence-electron chi connectivity index (χ1n) is 10.0. The van der Waals surface area contributed by atoms with Crippen LogP contribution >= 0.6 is 0 Å². The van der Waals surface area contributed by atoms with Crippen LogP contribution in [0.1, 0.15) is 29.2 Å². The first kappa shape index (κ1) is 19.6. The van der Waals surface area contributed by atoms with Gasteiger partial charge in [0.1, 0.15) is 5.75 Å². The van der Waals surface area contributed by atoms with Crippen molar-refractivity contribution in [3.8, 4) is 5.75 Å². The molecule has 0 spiro atoms. The number of rotatable bonds is 5. The number of methoxy groups -OCH3 is 1. The summed E-state index contributed by atoms with van der Waals surface area (Å²) in [5, 5.41) is 6.45. The van der Waals surface area contributed by atoms with Gasteiger partial charge in [-0.25, -0.2) is 5.01 Å². The Morgan fingerprint density at radius 1 is 1.17 bits per heavy atom. The number of nitrogens with zero attached hydrogens (tertiary/aromatic N) is 3. The van der Waals surface area contributed by atoms with E-state index in [2.05, 4.69) is 30.0 Å². The van der Waals surface area contributed by atoms with Crippen molar-refractivity contribution in [3.63, 3.8) is 0 Å². The highest BCUT2D eigenvalue weighted by atomic mass is 16.5. The Bertz CT molecular complexity index is 906. The summed E-state index contributed by atoms with van der Waals surface area (Å²) < 4.78 is 10.8. The predicted molar refractivity (Wildman–Crippen MR) is 112 cm³/mol. The maximum absolute atomic E-state index is 13.2. The van der Waals surface area contributed by atoms with Gasteiger partial charge in [-0.05, 0) is 30.2 Å². The van der Waals surface area contributed by atoms with Gasteiger partial charge in [0.05, 0.1) is 38.6 Å². The summed E-state index contributed by atoms with van der Waals surface area (Å²) >= 11 is 0. The minimum Gasteiger partial charge on any atom is -0.497 e. The third kappa shape index (κ3) is 4.49. The van der Waals surface area contributed by atoms with E-state index in [1.54, 1.807) is 12.1 Å². The van der Waals surface area contributed by atoms with Crippen LogP contribution in [0.15, 0.2) is 53.6 Å². The van der Waals surface area contributed by atoms with Gasteiger partial charge in [0, 0.05) is 19.5 Å². The highest BCUT2D eigenvalue weighted by Gasteiger charge is 2.34. The Hall–Kier alpha value is -2.70. The van der Waals surface area contributed by atoms with Crippen LogP contribution < -0.4 is 4.74 Å². The van der Waals surface area contributed by atoms with E-state index in [9.17, 15) is 4.79 Å². The monoisotopic (exact) mass is 393 g/mol. The molecule has 0 aromatic heterocycles. The van der Waals surface area contributed by atoms with E-state index in [0.717, 1.165) is 35.7 Å². The summed E-state index contributed by atoms with van der Waals surface area (Å²) in [6.07, 6.45) is 0.686. The maximum atomic E-state index is 13.2. The number of hydrazone groups is 1. The molecule has 1 atom stereocenters. The lowest BCUT2D eigenvalue weighted by atomic mass is 9.97. The van der Waals surface area contributed by atoms with Crippen LogP contribution in [0.5, 0.6) is 5.75 Å². The highest BCUT2D eigenvalue weighted by Crippen LogP contribution is 2.34. The molecule has 2 aliphatic rings. The van der Waals surface area contributed by atoms with Crippen LogP contribution in [0.3, 0.4) is 0 Å². The van der Waals surface area contributed by atoms with Crippen LogP contribution in [-0.4, -0.2) is 61.5 Å². The Labute approximate surface area is 171 Å². The minimum atomic E-state index is -0.130. The van der Waals surface area contributed by atoms with Crippen LogP contribution in [-0.2, 0) is 9.53 Å². The van der Waals surface area contributed by atoms with Gasteiger partial charge in [-0.3, -0.25) is 9.69 Å². The molecule has 2 aromatic rings. The molecule has 1 saturated heterocycles. The predicted octanol–water partition coefficient (Wildman–Crippen LogP) is 3.01. The maximum Gasteiger partial charge on any atom is 0.257 e. The van der Waals surface area contributed by atoms with Crippen molar-refractivity contribution in [1.29, 1.82) is 0 Å². The summed E-state index contributed by atoms with van der Waals surface area (Å²) in [5.74, 6) is 0.800. The van der Waals surface area contributed by atoms with Gasteiger partial charge in [-0.15, -0.1) is 0 Å². The second-order valence-electron chi connectivity index (χ2n) is 7.54. The van der Waals surface area contributed by atoms with Gasteiger partial charge in [0.15, 0.2) is 0 Å². The first-order chi connectivity index (χ1) is 14.1. The quantitative estimate of drug-likeness (QED) is 0.784. The Kier molecular flexibility index (Phi) is 5.92. The van der Waals surface area contributed by atoms with Crippen molar-refractivity contribution in [2.24, 2.45) is 5.10 Å². The molecule has 1 amide bonds. The molecule has 0 radical (unpaired) electrons. The Morgan fingerprint density at radius 2 is 1.97 bits per heavy atom. The third-order valence-electron chi connectivity index (χ3n) is 5.46. The number of hydrogen-bond donors (Lipinski definition) is 0. The zero-order valence-electron chi connectivity index (χ0n) is 17.0. The van der Waals surface area contributed by atoms with Crippen LogP contribution in [0.4, 0.5) is 0 Å². The molecule has 6 heteroatoms. The number of benzene rings is 2. The lowest BCUT2D eigenvalue weighted by molar-refractivity contribution is -0.135. The SMILES string of the molecule is COc1cccc([C@H]2CC(c3cccc(C)c3)=NN2C(=O)CN2CCOCC2)c1. The molecule has 0 bridgehead atoms. The van der Waals surface area contributed by atoms with Crippen molar-refractivity contribution >= 4 is 11.6 Å². The molecule has 0 saturated carbocycles. The molecule has 152 valence electrons. The number of aryl methyl sites for hydroxylation is 1. The van der Waals surface area contributed by atoms with Gasteiger partial charge in [0.2, 0.25) is 0 Å². The Balaban J connectivity index is 1.62. The van der Waals surface area contributed by atoms with Crippen LogP contribution in [0.2, 0.25) is 0 Å². The number of amides is 1. The van der Waals surface area contributed by atoms with Gasteiger partial charge < -0.3 is 9.47 Å². The summed E-state index contributed by atoms with van der Waals surface area (Å²) in [4.78, 5) is 15.3. The van der Waals surface area contributed by atoms with E-state index in [0.29, 0.717) is 26.2 Å². The number of carbonyl (C=O) groups excluding carboxylic acids is 1. The lowest BCUT2D eigenvalue weighted by Crippen LogP contribution is -2.43. The fraction of sp³-hybridized carbons (Fsp3) is 0.391. The smallest absolute Gasteiger partial charge is 0.257 e. The van der Waals surface area contributed by atoms with Crippen molar-refractivity contribution in [3.05, 3.63) is 65.2 Å². The fourth-order valence-electron chi connectivity index (χ4n) is 3.87. The summed E-state index contributed by atoms with van der Waals surface area (Å²) in [6.45, 7) is 5.32. The van der Waals surface area contributed by atoms with E-state index < -0.39 is 0 Å².